The second-order valence-electron chi connectivity index (χ2n) is 5.31. The molecule has 0 aromatic heterocycles. The molecule has 0 aliphatic rings. The number of hydrogen-bond acceptors (Lipinski definition) is 2. The average molecular weight is 313 g/mol. The van der Waals surface area contributed by atoms with Gasteiger partial charge in [-0.15, -0.1) is 12.3 Å². The van der Waals surface area contributed by atoms with Crippen LogP contribution in [0.15, 0.2) is 53.4 Å². The highest BCUT2D eigenvalue weighted by Gasteiger charge is 2.20. The molecule has 0 bridgehead atoms. The van der Waals surface area contributed by atoms with Crippen molar-refractivity contribution < 1.29 is 8.42 Å². The molecule has 2 aromatic carbocycles. The van der Waals surface area contributed by atoms with E-state index in [1.165, 1.54) is 0 Å². The van der Waals surface area contributed by atoms with Gasteiger partial charge in [-0.2, -0.15) is 0 Å². The molecule has 4 heteroatoms. The van der Waals surface area contributed by atoms with Crippen molar-refractivity contribution in [2.45, 2.75) is 31.2 Å². The smallest absolute Gasteiger partial charge is 0.207 e. The van der Waals surface area contributed by atoms with Gasteiger partial charge in [0.05, 0.1) is 10.9 Å². The Balaban J connectivity index is 2.29. The lowest BCUT2D eigenvalue weighted by Gasteiger charge is -2.17. The fraction of sp³-hybridized carbons (Fsp3) is 0.222. The molecule has 1 unspecified atom stereocenters. The standard InChI is InChI=1S/C18H19NO2S/c1-4-5-18(16-10-6-14(2)7-11-16)19-22(20,21)17-12-8-15(3)9-13-17/h1,6-13,18-19H,5H2,2-3H3. The highest BCUT2D eigenvalue weighted by molar-refractivity contribution is 7.89. The van der Waals surface area contributed by atoms with E-state index in [0.717, 1.165) is 16.7 Å². The molecular weight excluding hydrogens is 294 g/mol. The number of terminal acetylenes is 1. The van der Waals surface area contributed by atoms with Gasteiger partial charge in [-0.3, -0.25) is 0 Å². The summed E-state index contributed by atoms with van der Waals surface area (Å²) in [5, 5.41) is 0. The summed E-state index contributed by atoms with van der Waals surface area (Å²) in [5.41, 5.74) is 2.99. The van der Waals surface area contributed by atoms with Gasteiger partial charge in [-0.05, 0) is 31.5 Å². The van der Waals surface area contributed by atoms with Crippen molar-refractivity contribution in [1.82, 2.24) is 4.72 Å². The number of hydrogen-bond donors (Lipinski definition) is 1. The Morgan fingerprint density at radius 1 is 1.00 bits per heavy atom. The van der Waals surface area contributed by atoms with Crippen molar-refractivity contribution in [3.05, 3.63) is 65.2 Å². The predicted molar refractivity (Wildman–Crippen MR) is 88.9 cm³/mol. The molecule has 0 aliphatic carbocycles. The number of aryl methyl sites for hydroxylation is 2. The normalized spacial score (nSPS) is 12.6. The van der Waals surface area contributed by atoms with Crippen molar-refractivity contribution >= 4 is 10.0 Å². The maximum absolute atomic E-state index is 12.5. The molecule has 1 atom stereocenters. The van der Waals surface area contributed by atoms with E-state index < -0.39 is 16.1 Å². The fourth-order valence-electron chi connectivity index (χ4n) is 2.12. The lowest BCUT2D eigenvalue weighted by Crippen LogP contribution is -2.28. The van der Waals surface area contributed by atoms with Crippen molar-refractivity contribution in [3.63, 3.8) is 0 Å². The van der Waals surface area contributed by atoms with Crippen LogP contribution in [0.2, 0.25) is 0 Å². The van der Waals surface area contributed by atoms with E-state index in [9.17, 15) is 8.42 Å². The van der Waals surface area contributed by atoms with Gasteiger partial charge in [-0.1, -0.05) is 47.5 Å². The topological polar surface area (TPSA) is 46.2 Å². The molecule has 22 heavy (non-hydrogen) atoms. The van der Waals surface area contributed by atoms with E-state index in [1.54, 1.807) is 24.3 Å². The van der Waals surface area contributed by atoms with E-state index in [-0.39, 0.29) is 4.90 Å². The molecule has 0 saturated carbocycles. The molecule has 0 spiro atoms. The average Bonchev–Trinajstić information content (AvgIpc) is 2.48. The molecule has 0 saturated heterocycles. The largest absolute Gasteiger partial charge is 0.241 e. The SMILES string of the molecule is C#CCC(NS(=O)(=O)c1ccc(C)cc1)c1ccc(C)cc1. The first-order chi connectivity index (χ1) is 10.4. The van der Waals surface area contributed by atoms with Gasteiger partial charge < -0.3 is 0 Å². The molecule has 114 valence electrons. The Kier molecular flexibility index (Phi) is 5.02. The Morgan fingerprint density at radius 3 is 2.00 bits per heavy atom. The summed E-state index contributed by atoms with van der Waals surface area (Å²) in [6, 6.07) is 14.0. The first-order valence-corrected chi connectivity index (χ1v) is 8.50. The second kappa shape index (κ2) is 6.78. The van der Waals surface area contributed by atoms with Crippen LogP contribution in [0.3, 0.4) is 0 Å². The summed E-state index contributed by atoms with van der Waals surface area (Å²) < 4.78 is 27.7. The van der Waals surface area contributed by atoms with Gasteiger partial charge in [-0.25, -0.2) is 13.1 Å². The number of benzene rings is 2. The van der Waals surface area contributed by atoms with Crippen LogP contribution in [0, 0.1) is 26.2 Å². The third kappa shape index (κ3) is 3.97. The van der Waals surface area contributed by atoms with Gasteiger partial charge in [0.25, 0.3) is 0 Å². The third-order valence-corrected chi connectivity index (χ3v) is 4.92. The first kappa shape index (κ1) is 16.3. The highest BCUT2D eigenvalue weighted by atomic mass is 32.2. The van der Waals surface area contributed by atoms with Crippen molar-refractivity contribution in [2.24, 2.45) is 0 Å². The molecule has 2 rings (SSSR count). The van der Waals surface area contributed by atoms with Crippen LogP contribution in [0.25, 0.3) is 0 Å². The van der Waals surface area contributed by atoms with Gasteiger partial charge >= 0.3 is 0 Å². The van der Waals surface area contributed by atoms with Crippen molar-refractivity contribution in [3.8, 4) is 12.3 Å². The van der Waals surface area contributed by atoms with Gasteiger partial charge in [0.2, 0.25) is 10.0 Å². The second-order valence-corrected chi connectivity index (χ2v) is 7.02. The minimum atomic E-state index is -3.60. The molecule has 3 nitrogen and oxygen atoms in total. The molecule has 1 N–H and O–H groups in total. The maximum Gasteiger partial charge on any atom is 0.241 e. The molecule has 0 radical (unpaired) electrons. The van der Waals surface area contributed by atoms with Crippen molar-refractivity contribution in [2.75, 3.05) is 0 Å². The van der Waals surface area contributed by atoms with Crippen molar-refractivity contribution in [1.29, 1.82) is 0 Å². The summed E-state index contributed by atoms with van der Waals surface area (Å²) >= 11 is 0. The maximum atomic E-state index is 12.5. The lowest BCUT2D eigenvalue weighted by molar-refractivity contribution is 0.559. The van der Waals surface area contributed by atoms with E-state index in [2.05, 4.69) is 10.6 Å². The van der Waals surface area contributed by atoms with E-state index in [1.807, 2.05) is 38.1 Å². The van der Waals surface area contributed by atoms with Crippen LogP contribution >= 0.6 is 0 Å². The summed E-state index contributed by atoms with van der Waals surface area (Å²) in [4.78, 5) is 0.243. The fourth-order valence-corrected chi connectivity index (χ4v) is 3.34. The summed E-state index contributed by atoms with van der Waals surface area (Å²) in [5.74, 6) is 2.54. The van der Waals surface area contributed by atoms with Crippen LogP contribution in [0.1, 0.15) is 29.2 Å². The zero-order valence-electron chi connectivity index (χ0n) is 12.7. The van der Waals surface area contributed by atoms with Gasteiger partial charge in [0.1, 0.15) is 0 Å². The van der Waals surface area contributed by atoms with Crippen LogP contribution < -0.4 is 4.72 Å². The molecule has 0 fully saturated rings. The summed E-state index contributed by atoms with van der Waals surface area (Å²) in [6.45, 7) is 3.90. The number of sulfonamides is 1. The monoisotopic (exact) mass is 313 g/mol. The minimum Gasteiger partial charge on any atom is -0.207 e. The van der Waals surface area contributed by atoms with E-state index >= 15 is 0 Å². The van der Waals surface area contributed by atoms with E-state index in [4.69, 9.17) is 6.42 Å². The first-order valence-electron chi connectivity index (χ1n) is 7.01. The predicted octanol–water partition coefficient (Wildman–Crippen LogP) is 3.35. The molecule has 2 aromatic rings. The van der Waals surface area contributed by atoms with Crippen LogP contribution in [0.5, 0.6) is 0 Å². The Labute approximate surface area is 132 Å². The van der Waals surface area contributed by atoms with Crippen LogP contribution in [0.4, 0.5) is 0 Å². The lowest BCUT2D eigenvalue weighted by atomic mass is 10.0. The summed E-state index contributed by atoms with van der Waals surface area (Å²) in [6.07, 6.45) is 5.69. The highest BCUT2D eigenvalue weighted by Crippen LogP contribution is 2.21. The van der Waals surface area contributed by atoms with Crippen LogP contribution in [-0.2, 0) is 10.0 Å². The molecule has 0 amide bonds. The Morgan fingerprint density at radius 2 is 1.50 bits per heavy atom. The van der Waals surface area contributed by atoms with Gasteiger partial charge in [0.15, 0.2) is 0 Å². The Bertz CT molecular complexity index is 769. The minimum absolute atomic E-state index is 0.243. The quantitative estimate of drug-likeness (QED) is 0.861. The van der Waals surface area contributed by atoms with Gasteiger partial charge in [0, 0.05) is 6.42 Å². The molecule has 0 aliphatic heterocycles. The van der Waals surface area contributed by atoms with E-state index in [0.29, 0.717) is 6.42 Å². The molecule has 0 heterocycles. The zero-order valence-corrected chi connectivity index (χ0v) is 13.5. The zero-order chi connectivity index (χ0) is 16.2. The third-order valence-electron chi connectivity index (χ3n) is 3.43. The summed E-state index contributed by atoms with van der Waals surface area (Å²) in [7, 11) is -3.60. The molecular formula is C18H19NO2S. The van der Waals surface area contributed by atoms with Crippen LogP contribution in [-0.4, -0.2) is 8.42 Å². The number of nitrogens with one attached hydrogen (secondary N) is 1. The Hall–Kier alpha value is -2.09. The number of rotatable bonds is 5.